The van der Waals surface area contributed by atoms with E-state index in [2.05, 4.69) is 9.97 Å². The quantitative estimate of drug-likeness (QED) is 0.321. The SMILES string of the molecule is Cc1nc2c(OCc3c(F)cccc3F)cccn2c1C(=O)CC1(c2ccccn2)COC(C)(C)OC1. The maximum atomic E-state index is 14.1. The largest absolute Gasteiger partial charge is 0.485 e. The van der Waals surface area contributed by atoms with Crippen LogP contribution in [0.15, 0.2) is 60.9 Å². The highest BCUT2D eigenvalue weighted by Crippen LogP contribution is 2.37. The molecule has 0 spiro atoms. The highest BCUT2D eigenvalue weighted by Gasteiger charge is 2.44. The molecule has 7 nitrogen and oxygen atoms in total. The molecule has 1 aliphatic heterocycles. The van der Waals surface area contributed by atoms with E-state index in [1.807, 2.05) is 32.0 Å². The Bertz CT molecular complexity index is 1420. The highest BCUT2D eigenvalue weighted by molar-refractivity contribution is 5.97. The van der Waals surface area contributed by atoms with Crippen molar-refractivity contribution in [3.05, 3.63) is 95.2 Å². The smallest absolute Gasteiger partial charge is 0.182 e. The molecule has 5 rings (SSSR count). The van der Waals surface area contributed by atoms with E-state index in [9.17, 15) is 13.6 Å². The van der Waals surface area contributed by atoms with E-state index >= 15 is 0 Å². The average Bonchev–Trinajstić information content (AvgIpc) is 3.22. The first-order valence-corrected chi connectivity index (χ1v) is 12.0. The van der Waals surface area contributed by atoms with Crippen LogP contribution in [0.1, 0.15) is 47.7 Å². The third-order valence-corrected chi connectivity index (χ3v) is 6.59. The van der Waals surface area contributed by atoms with E-state index in [1.165, 1.54) is 18.2 Å². The lowest BCUT2D eigenvalue weighted by Crippen LogP contribution is -2.50. The topological polar surface area (TPSA) is 75.0 Å². The highest BCUT2D eigenvalue weighted by atomic mass is 19.1. The molecule has 4 aromatic rings. The Balaban J connectivity index is 1.46. The van der Waals surface area contributed by atoms with Crippen LogP contribution in [0, 0.1) is 18.6 Å². The number of carbonyl (C=O) groups is 1. The van der Waals surface area contributed by atoms with Crippen molar-refractivity contribution in [1.29, 1.82) is 0 Å². The minimum Gasteiger partial charge on any atom is -0.485 e. The second kappa shape index (κ2) is 9.64. The van der Waals surface area contributed by atoms with Crippen LogP contribution in [0.25, 0.3) is 5.65 Å². The molecular formula is C28H27F2N3O4. The number of aryl methyl sites for hydroxylation is 1. The standard InChI is InChI=1S/C28H27F2N3O4/c1-18-25(22(34)14-28(24-11-4-5-12-31-24)16-36-27(2,3)37-17-28)33-13-7-10-23(26(33)32-18)35-15-19-20(29)8-6-9-21(19)30/h4-13H,14-17H2,1-3H3. The van der Waals surface area contributed by atoms with E-state index < -0.39 is 22.8 Å². The van der Waals surface area contributed by atoms with Gasteiger partial charge in [-0.1, -0.05) is 12.1 Å². The molecule has 0 aliphatic carbocycles. The summed E-state index contributed by atoms with van der Waals surface area (Å²) in [5, 5.41) is 0. The van der Waals surface area contributed by atoms with Crippen molar-refractivity contribution >= 4 is 11.4 Å². The summed E-state index contributed by atoms with van der Waals surface area (Å²) in [6.07, 6.45) is 3.48. The first-order chi connectivity index (χ1) is 17.7. The summed E-state index contributed by atoms with van der Waals surface area (Å²) >= 11 is 0. The molecule has 4 heterocycles. The van der Waals surface area contributed by atoms with Crippen molar-refractivity contribution < 1.29 is 27.8 Å². The molecular weight excluding hydrogens is 480 g/mol. The fourth-order valence-corrected chi connectivity index (χ4v) is 4.54. The van der Waals surface area contributed by atoms with Gasteiger partial charge in [0.15, 0.2) is 23.0 Å². The van der Waals surface area contributed by atoms with Crippen LogP contribution in [0.2, 0.25) is 0 Å². The van der Waals surface area contributed by atoms with E-state index in [4.69, 9.17) is 14.2 Å². The summed E-state index contributed by atoms with van der Waals surface area (Å²) in [4.78, 5) is 22.9. The summed E-state index contributed by atoms with van der Waals surface area (Å²) in [7, 11) is 0. The number of fused-ring (bicyclic) bond motifs is 1. The van der Waals surface area contributed by atoms with Gasteiger partial charge < -0.3 is 14.2 Å². The van der Waals surface area contributed by atoms with Gasteiger partial charge in [0.25, 0.3) is 0 Å². The maximum absolute atomic E-state index is 14.1. The predicted molar refractivity (Wildman–Crippen MR) is 131 cm³/mol. The number of rotatable bonds is 7. The Morgan fingerprint density at radius 1 is 1.05 bits per heavy atom. The molecule has 1 saturated heterocycles. The van der Waals surface area contributed by atoms with Crippen molar-refractivity contribution in [2.45, 2.75) is 45.0 Å². The van der Waals surface area contributed by atoms with Gasteiger partial charge in [-0.05, 0) is 57.2 Å². The lowest BCUT2D eigenvalue weighted by Gasteiger charge is -2.42. The zero-order valence-electron chi connectivity index (χ0n) is 20.8. The monoisotopic (exact) mass is 507 g/mol. The van der Waals surface area contributed by atoms with Gasteiger partial charge in [-0.2, -0.15) is 0 Å². The maximum Gasteiger partial charge on any atom is 0.182 e. The molecule has 9 heteroatoms. The van der Waals surface area contributed by atoms with Gasteiger partial charge in [-0.25, -0.2) is 13.8 Å². The number of aromatic nitrogens is 3. The third-order valence-electron chi connectivity index (χ3n) is 6.59. The lowest BCUT2D eigenvalue weighted by molar-refractivity contribution is -0.269. The minimum atomic E-state index is -0.777. The number of hydrogen-bond donors (Lipinski definition) is 0. The average molecular weight is 508 g/mol. The molecule has 0 unspecified atom stereocenters. The molecule has 1 aromatic carbocycles. The van der Waals surface area contributed by atoms with Crippen molar-refractivity contribution in [3.63, 3.8) is 0 Å². The number of pyridine rings is 2. The number of Topliss-reactive ketones (excluding diaryl/α,β-unsaturated/α-hetero) is 1. The van der Waals surface area contributed by atoms with Gasteiger partial charge in [0, 0.05) is 18.8 Å². The van der Waals surface area contributed by atoms with Gasteiger partial charge in [0.2, 0.25) is 0 Å². The van der Waals surface area contributed by atoms with Gasteiger partial charge >= 0.3 is 0 Å². The number of benzene rings is 1. The van der Waals surface area contributed by atoms with E-state index in [0.29, 0.717) is 28.5 Å². The number of nitrogens with zero attached hydrogens (tertiary/aromatic N) is 3. The zero-order valence-corrected chi connectivity index (χ0v) is 20.8. The molecule has 0 amide bonds. The van der Waals surface area contributed by atoms with E-state index in [-0.39, 0.29) is 37.6 Å². The molecule has 192 valence electrons. The number of imidazole rings is 1. The van der Waals surface area contributed by atoms with Crippen LogP contribution >= 0.6 is 0 Å². The summed E-state index contributed by atoms with van der Waals surface area (Å²) in [5.41, 5.74) is 1.03. The van der Waals surface area contributed by atoms with Crippen molar-refractivity contribution in [3.8, 4) is 5.75 Å². The van der Waals surface area contributed by atoms with Crippen LogP contribution in [0.4, 0.5) is 8.78 Å². The Labute approximate surface area is 213 Å². The number of hydrogen-bond acceptors (Lipinski definition) is 6. The molecule has 1 aliphatic rings. The van der Waals surface area contributed by atoms with Crippen molar-refractivity contribution in [2.75, 3.05) is 13.2 Å². The van der Waals surface area contributed by atoms with Crippen molar-refractivity contribution in [1.82, 2.24) is 14.4 Å². The summed E-state index contributed by atoms with van der Waals surface area (Å²) in [5.74, 6) is -2.01. The van der Waals surface area contributed by atoms with E-state index in [0.717, 1.165) is 0 Å². The minimum absolute atomic E-state index is 0.0836. The van der Waals surface area contributed by atoms with Crippen LogP contribution in [-0.4, -0.2) is 39.2 Å². The molecule has 0 radical (unpaired) electrons. The summed E-state index contributed by atoms with van der Waals surface area (Å²) < 4.78 is 47.5. The second-order valence-corrected chi connectivity index (χ2v) is 9.67. The van der Waals surface area contributed by atoms with Crippen LogP contribution in [0.5, 0.6) is 5.75 Å². The molecule has 3 aromatic heterocycles. The van der Waals surface area contributed by atoms with Gasteiger partial charge in [-0.15, -0.1) is 0 Å². The van der Waals surface area contributed by atoms with Crippen LogP contribution in [-0.2, 0) is 21.5 Å². The number of halogens is 2. The fraction of sp³-hybridized carbons (Fsp3) is 0.321. The Morgan fingerprint density at radius 2 is 1.78 bits per heavy atom. The van der Waals surface area contributed by atoms with Gasteiger partial charge in [-0.3, -0.25) is 14.2 Å². The molecule has 1 fully saturated rings. The Hall–Kier alpha value is -3.69. The number of carbonyl (C=O) groups excluding carboxylic acids is 1. The van der Waals surface area contributed by atoms with Crippen molar-refractivity contribution in [2.24, 2.45) is 0 Å². The van der Waals surface area contributed by atoms with Crippen LogP contribution < -0.4 is 4.74 Å². The van der Waals surface area contributed by atoms with Crippen LogP contribution in [0.3, 0.4) is 0 Å². The molecule has 37 heavy (non-hydrogen) atoms. The van der Waals surface area contributed by atoms with Gasteiger partial charge in [0.1, 0.15) is 23.9 Å². The number of ketones is 1. The number of ether oxygens (including phenoxy) is 3. The molecule has 0 bridgehead atoms. The first kappa shape index (κ1) is 25.0. The normalized spacial score (nSPS) is 16.6. The van der Waals surface area contributed by atoms with Gasteiger partial charge in [0.05, 0.1) is 35.6 Å². The second-order valence-electron chi connectivity index (χ2n) is 9.67. The first-order valence-electron chi connectivity index (χ1n) is 12.0. The Kier molecular flexibility index (Phi) is 6.51. The predicted octanol–water partition coefficient (Wildman–Crippen LogP) is 5.19. The lowest BCUT2D eigenvalue weighted by atomic mass is 9.79. The Morgan fingerprint density at radius 3 is 2.46 bits per heavy atom. The van der Waals surface area contributed by atoms with E-state index in [1.54, 1.807) is 35.9 Å². The molecule has 0 atom stereocenters. The molecule has 0 saturated carbocycles. The zero-order chi connectivity index (χ0) is 26.2. The summed E-state index contributed by atoms with van der Waals surface area (Å²) in [6.45, 7) is 5.62. The molecule has 0 N–H and O–H groups in total. The fourth-order valence-electron chi connectivity index (χ4n) is 4.54. The third kappa shape index (κ3) is 4.84. The summed E-state index contributed by atoms with van der Waals surface area (Å²) in [6, 6.07) is 12.6.